The van der Waals surface area contributed by atoms with Crippen molar-refractivity contribution in [1.82, 2.24) is 9.78 Å². The van der Waals surface area contributed by atoms with E-state index in [9.17, 15) is 19.7 Å². The number of aromatic nitrogens is 2. The first-order valence-electron chi connectivity index (χ1n) is 6.22. The Morgan fingerprint density at radius 2 is 1.90 bits per heavy atom. The molecular weight excluding hydrogens is 274 g/mol. The summed E-state index contributed by atoms with van der Waals surface area (Å²) in [6.45, 7) is 3.06. The minimum absolute atomic E-state index is 0.0275. The van der Waals surface area contributed by atoms with E-state index in [1.54, 1.807) is 6.92 Å². The van der Waals surface area contributed by atoms with Crippen molar-refractivity contribution in [2.24, 2.45) is 0 Å². The van der Waals surface area contributed by atoms with Crippen molar-refractivity contribution < 1.29 is 14.5 Å². The van der Waals surface area contributed by atoms with E-state index in [4.69, 9.17) is 0 Å². The average Bonchev–Trinajstić information content (AvgIpc) is 2.81. The van der Waals surface area contributed by atoms with Gasteiger partial charge in [-0.3, -0.25) is 19.7 Å². The fourth-order valence-corrected chi connectivity index (χ4v) is 1.99. The lowest BCUT2D eigenvalue weighted by Gasteiger charge is -2.04. The molecule has 21 heavy (non-hydrogen) atoms. The van der Waals surface area contributed by atoms with Crippen molar-refractivity contribution >= 4 is 17.4 Å². The molecule has 7 nitrogen and oxygen atoms in total. The van der Waals surface area contributed by atoms with Crippen molar-refractivity contribution in [3.8, 4) is 0 Å². The standard InChI is InChI=1S/C14H13N3O4/c1-9-13(10(2)18)8-15-16(9)14(19)7-11-3-5-12(6-4-11)17(20)21/h3-6,8H,7H2,1-2H3. The third kappa shape index (κ3) is 3.02. The van der Waals surface area contributed by atoms with Gasteiger partial charge in [0, 0.05) is 12.1 Å². The van der Waals surface area contributed by atoms with Crippen LogP contribution < -0.4 is 0 Å². The van der Waals surface area contributed by atoms with Crippen molar-refractivity contribution in [1.29, 1.82) is 0 Å². The highest BCUT2D eigenvalue weighted by atomic mass is 16.6. The van der Waals surface area contributed by atoms with Crippen molar-refractivity contribution in [3.05, 3.63) is 57.4 Å². The van der Waals surface area contributed by atoms with E-state index in [1.165, 1.54) is 42.1 Å². The highest BCUT2D eigenvalue weighted by molar-refractivity contribution is 5.96. The number of hydrogen-bond donors (Lipinski definition) is 0. The van der Waals surface area contributed by atoms with E-state index >= 15 is 0 Å². The molecule has 0 spiro atoms. The second-order valence-corrected chi connectivity index (χ2v) is 4.61. The summed E-state index contributed by atoms with van der Waals surface area (Å²) in [7, 11) is 0. The smallest absolute Gasteiger partial charge is 0.269 e. The van der Waals surface area contributed by atoms with Crippen LogP contribution in [0.25, 0.3) is 0 Å². The molecule has 0 radical (unpaired) electrons. The third-order valence-electron chi connectivity index (χ3n) is 3.13. The first-order chi connectivity index (χ1) is 9.90. The summed E-state index contributed by atoms with van der Waals surface area (Å²) in [5.74, 6) is -0.448. The number of nitro groups is 1. The number of hydrogen-bond acceptors (Lipinski definition) is 5. The molecule has 0 aliphatic rings. The molecule has 0 N–H and O–H groups in total. The predicted octanol–water partition coefficient (Wildman–Crippen LogP) is 2.19. The normalized spacial score (nSPS) is 10.4. The molecule has 0 aliphatic carbocycles. The summed E-state index contributed by atoms with van der Waals surface area (Å²) in [6, 6.07) is 5.75. The van der Waals surface area contributed by atoms with E-state index in [0.717, 1.165) is 0 Å². The number of nitrogens with zero attached hydrogens (tertiary/aromatic N) is 3. The number of carbonyl (C=O) groups excluding carboxylic acids is 2. The van der Waals surface area contributed by atoms with Crippen molar-refractivity contribution in [2.45, 2.75) is 20.3 Å². The molecule has 108 valence electrons. The van der Waals surface area contributed by atoms with Gasteiger partial charge in [-0.25, -0.2) is 4.68 Å². The molecule has 0 unspecified atom stereocenters. The monoisotopic (exact) mass is 287 g/mol. The molecule has 0 saturated heterocycles. The average molecular weight is 287 g/mol. The maximum Gasteiger partial charge on any atom is 0.269 e. The number of ketones is 1. The van der Waals surface area contributed by atoms with Crippen LogP contribution in [-0.2, 0) is 6.42 Å². The molecule has 2 rings (SSSR count). The number of Topliss-reactive ketones (excluding diaryl/α,β-unsaturated/α-hetero) is 1. The molecule has 1 aromatic heterocycles. The molecule has 1 aromatic carbocycles. The Hall–Kier alpha value is -2.83. The topological polar surface area (TPSA) is 95.1 Å². The summed E-state index contributed by atoms with van der Waals surface area (Å²) in [5, 5.41) is 14.5. The Morgan fingerprint density at radius 1 is 1.29 bits per heavy atom. The Labute approximate surface area is 120 Å². The molecule has 0 aliphatic heterocycles. The lowest BCUT2D eigenvalue weighted by Crippen LogP contribution is -2.17. The molecule has 1 heterocycles. The Morgan fingerprint density at radius 3 is 2.38 bits per heavy atom. The first-order valence-corrected chi connectivity index (χ1v) is 6.22. The second kappa shape index (κ2) is 5.66. The highest BCUT2D eigenvalue weighted by Gasteiger charge is 2.16. The van der Waals surface area contributed by atoms with Gasteiger partial charge in [-0.15, -0.1) is 0 Å². The van der Waals surface area contributed by atoms with Gasteiger partial charge in [0.15, 0.2) is 5.78 Å². The van der Waals surface area contributed by atoms with E-state index in [0.29, 0.717) is 16.8 Å². The van der Waals surface area contributed by atoms with Crippen LogP contribution in [0, 0.1) is 17.0 Å². The van der Waals surface area contributed by atoms with Crippen LogP contribution in [0.2, 0.25) is 0 Å². The lowest BCUT2D eigenvalue weighted by molar-refractivity contribution is -0.384. The van der Waals surface area contributed by atoms with Gasteiger partial charge in [0.25, 0.3) is 11.6 Å². The van der Waals surface area contributed by atoms with Crippen LogP contribution in [0.15, 0.2) is 30.5 Å². The quantitative estimate of drug-likeness (QED) is 0.488. The summed E-state index contributed by atoms with van der Waals surface area (Å²) in [4.78, 5) is 33.5. The lowest BCUT2D eigenvalue weighted by atomic mass is 10.1. The van der Waals surface area contributed by atoms with Gasteiger partial charge in [-0.2, -0.15) is 5.10 Å². The maximum atomic E-state index is 12.1. The number of non-ortho nitro benzene ring substituents is 1. The third-order valence-corrected chi connectivity index (χ3v) is 3.13. The number of nitro benzene ring substituents is 1. The summed E-state index contributed by atoms with van der Waals surface area (Å²) in [5.41, 5.74) is 1.52. The largest absolute Gasteiger partial charge is 0.294 e. The second-order valence-electron chi connectivity index (χ2n) is 4.61. The fraction of sp³-hybridized carbons (Fsp3) is 0.214. The summed E-state index contributed by atoms with van der Waals surface area (Å²) in [6.07, 6.45) is 1.42. The first kappa shape index (κ1) is 14.6. The Bertz CT molecular complexity index is 716. The SMILES string of the molecule is CC(=O)c1cnn(C(=O)Cc2ccc([N+](=O)[O-])cc2)c1C. The highest BCUT2D eigenvalue weighted by Crippen LogP contribution is 2.14. The number of benzene rings is 1. The minimum Gasteiger partial charge on any atom is -0.294 e. The van der Waals surface area contributed by atoms with Gasteiger partial charge in [0.1, 0.15) is 0 Å². The number of carbonyl (C=O) groups is 2. The molecule has 7 heteroatoms. The molecule has 2 aromatic rings. The van der Waals surface area contributed by atoms with Crippen molar-refractivity contribution in [3.63, 3.8) is 0 Å². The molecule has 0 atom stereocenters. The fourth-order valence-electron chi connectivity index (χ4n) is 1.99. The van der Waals surface area contributed by atoms with E-state index < -0.39 is 4.92 Å². The van der Waals surface area contributed by atoms with Gasteiger partial charge < -0.3 is 0 Å². The van der Waals surface area contributed by atoms with Crippen LogP contribution >= 0.6 is 0 Å². The Balaban J connectivity index is 2.18. The van der Waals surface area contributed by atoms with E-state index in [2.05, 4.69) is 5.10 Å². The van der Waals surface area contributed by atoms with Crippen LogP contribution in [0.5, 0.6) is 0 Å². The molecule has 0 fully saturated rings. The molecular formula is C14H13N3O4. The molecule has 0 amide bonds. The Kier molecular flexibility index (Phi) is 3.93. The molecule has 0 bridgehead atoms. The van der Waals surface area contributed by atoms with Crippen LogP contribution in [0.4, 0.5) is 5.69 Å². The van der Waals surface area contributed by atoms with Crippen LogP contribution in [0.1, 0.15) is 33.3 Å². The zero-order chi connectivity index (χ0) is 15.6. The zero-order valence-electron chi connectivity index (χ0n) is 11.6. The summed E-state index contributed by atoms with van der Waals surface area (Å²) >= 11 is 0. The van der Waals surface area contributed by atoms with Gasteiger partial charge in [-0.05, 0) is 19.4 Å². The van der Waals surface area contributed by atoms with Gasteiger partial charge >= 0.3 is 0 Å². The van der Waals surface area contributed by atoms with E-state index in [-0.39, 0.29) is 23.8 Å². The number of rotatable bonds is 4. The van der Waals surface area contributed by atoms with Crippen LogP contribution in [-0.4, -0.2) is 26.4 Å². The zero-order valence-corrected chi connectivity index (χ0v) is 11.6. The van der Waals surface area contributed by atoms with Gasteiger partial charge in [0.2, 0.25) is 0 Å². The van der Waals surface area contributed by atoms with Gasteiger partial charge in [0.05, 0.1) is 28.8 Å². The maximum absolute atomic E-state index is 12.1. The van der Waals surface area contributed by atoms with Crippen LogP contribution in [0.3, 0.4) is 0 Å². The van der Waals surface area contributed by atoms with E-state index in [1.807, 2.05) is 0 Å². The summed E-state index contributed by atoms with van der Waals surface area (Å²) < 4.78 is 1.18. The van der Waals surface area contributed by atoms with Crippen molar-refractivity contribution in [2.75, 3.05) is 0 Å². The minimum atomic E-state index is -0.498. The predicted molar refractivity (Wildman–Crippen MR) is 74.4 cm³/mol. The van der Waals surface area contributed by atoms with Gasteiger partial charge in [-0.1, -0.05) is 12.1 Å². The molecule has 0 saturated carbocycles.